The molecule has 9 heteroatoms. The third-order valence-corrected chi connectivity index (χ3v) is 7.73. The van der Waals surface area contributed by atoms with Gasteiger partial charge in [0, 0.05) is 55.3 Å². The average Bonchev–Trinajstić information content (AvgIpc) is 2.90. The molecule has 8 nitrogen and oxygen atoms in total. The predicted molar refractivity (Wildman–Crippen MR) is 133 cm³/mol. The van der Waals surface area contributed by atoms with Crippen molar-refractivity contribution in [2.45, 2.75) is 50.7 Å². The molecule has 37 heavy (non-hydrogen) atoms. The lowest BCUT2D eigenvalue weighted by Gasteiger charge is -2.45. The largest absolute Gasteiger partial charge is 0.385 e. The molecule has 0 bridgehead atoms. The lowest BCUT2D eigenvalue weighted by atomic mass is 9.74. The number of aliphatic hydroxyl groups is 1. The highest BCUT2D eigenvalue weighted by molar-refractivity contribution is 6.01. The van der Waals surface area contributed by atoms with E-state index < -0.39 is 23.2 Å². The van der Waals surface area contributed by atoms with Gasteiger partial charge in [0.2, 0.25) is 11.8 Å². The van der Waals surface area contributed by atoms with Crippen molar-refractivity contribution >= 4 is 22.7 Å². The van der Waals surface area contributed by atoms with Crippen LogP contribution in [0.4, 0.5) is 4.39 Å². The summed E-state index contributed by atoms with van der Waals surface area (Å²) in [4.78, 5) is 34.6. The third-order valence-electron chi connectivity index (χ3n) is 7.73. The maximum atomic E-state index is 16.0. The third kappa shape index (κ3) is 4.70. The number of carbonyl (C=O) groups is 2. The molecule has 0 saturated carbocycles. The molecule has 1 aromatic carbocycles. The van der Waals surface area contributed by atoms with Gasteiger partial charge in [-0.1, -0.05) is 19.1 Å². The molecule has 3 unspecified atom stereocenters. The number of rotatable bonds is 5. The SMILES string of the molecule is CCC1CN(Cc2ccc(C#N)nc2)CCC1(O)c1ccc2ncc(C3CCC(=O)NC3=O)cc2c1F. The lowest BCUT2D eigenvalue weighted by Crippen LogP contribution is -2.50. The Morgan fingerprint density at radius 1 is 1.24 bits per heavy atom. The van der Waals surface area contributed by atoms with E-state index in [2.05, 4.69) is 20.2 Å². The van der Waals surface area contributed by atoms with E-state index >= 15 is 4.39 Å². The molecule has 3 aromatic rings. The number of hydrogen-bond donors (Lipinski definition) is 2. The van der Waals surface area contributed by atoms with Gasteiger partial charge in [0.25, 0.3) is 0 Å². The summed E-state index contributed by atoms with van der Waals surface area (Å²) in [6.45, 7) is 3.77. The zero-order chi connectivity index (χ0) is 26.2. The van der Waals surface area contributed by atoms with Crippen LogP contribution in [-0.2, 0) is 21.7 Å². The molecule has 3 atom stereocenters. The first-order valence-corrected chi connectivity index (χ1v) is 12.5. The molecule has 4 heterocycles. The number of likely N-dealkylation sites (tertiary alicyclic amines) is 1. The van der Waals surface area contributed by atoms with Gasteiger partial charge in [-0.25, -0.2) is 9.37 Å². The van der Waals surface area contributed by atoms with Crippen LogP contribution < -0.4 is 5.32 Å². The first kappa shape index (κ1) is 24.9. The van der Waals surface area contributed by atoms with E-state index in [9.17, 15) is 14.7 Å². The number of nitrogens with one attached hydrogen (secondary N) is 1. The van der Waals surface area contributed by atoms with Crippen LogP contribution in [0.1, 0.15) is 60.9 Å². The topological polar surface area (TPSA) is 119 Å². The molecule has 2 aromatic heterocycles. The smallest absolute Gasteiger partial charge is 0.234 e. The lowest BCUT2D eigenvalue weighted by molar-refractivity contribution is -0.134. The summed E-state index contributed by atoms with van der Waals surface area (Å²) >= 11 is 0. The summed E-state index contributed by atoms with van der Waals surface area (Å²) < 4.78 is 16.0. The fraction of sp³-hybridized carbons (Fsp3) is 0.393. The van der Waals surface area contributed by atoms with Gasteiger partial charge < -0.3 is 5.11 Å². The molecule has 2 saturated heterocycles. The van der Waals surface area contributed by atoms with E-state index in [1.165, 1.54) is 0 Å². The van der Waals surface area contributed by atoms with Crippen molar-refractivity contribution in [3.05, 3.63) is 70.9 Å². The summed E-state index contributed by atoms with van der Waals surface area (Å²) in [5.74, 6) is -2.00. The van der Waals surface area contributed by atoms with Gasteiger partial charge in [-0.3, -0.25) is 24.8 Å². The summed E-state index contributed by atoms with van der Waals surface area (Å²) in [5, 5.41) is 23.4. The van der Waals surface area contributed by atoms with Crippen molar-refractivity contribution in [1.29, 1.82) is 5.26 Å². The predicted octanol–water partition coefficient (Wildman–Crippen LogP) is 3.28. The van der Waals surface area contributed by atoms with E-state index in [0.717, 1.165) is 5.56 Å². The number of nitrogens with zero attached hydrogens (tertiary/aromatic N) is 4. The molecule has 2 fully saturated rings. The van der Waals surface area contributed by atoms with E-state index in [4.69, 9.17) is 5.26 Å². The molecule has 2 aliphatic rings. The number of nitriles is 1. The normalized spacial score (nSPS) is 24.6. The number of pyridine rings is 2. The van der Waals surface area contributed by atoms with Gasteiger partial charge in [-0.2, -0.15) is 5.26 Å². The van der Waals surface area contributed by atoms with Gasteiger partial charge >= 0.3 is 0 Å². The minimum Gasteiger partial charge on any atom is -0.385 e. The second-order valence-corrected chi connectivity index (χ2v) is 9.94. The number of hydrogen-bond acceptors (Lipinski definition) is 7. The first-order valence-electron chi connectivity index (χ1n) is 12.5. The Balaban J connectivity index is 1.41. The molecule has 2 N–H and O–H groups in total. The number of aromatic nitrogens is 2. The number of imide groups is 1. The van der Waals surface area contributed by atoms with Crippen molar-refractivity contribution in [3.8, 4) is 6.07 Å². The van der Waals surface area contributed by atoms with E-state index in [1.807, 2.05) is 19.1 Å². The minimum absolute atomic E-state index is 0.203. The quantitative estimate of drug-likeness (QED) is 0.515. The van der Waals surface area contributed by atoms with Crippen LogP contribution in [0.3, 0.4) is 0 Å². The molecular formula is C28H28FN5O3. The number of halogens is 1. The molecule has 0 aliphatic carbocycles. The second kappa shape index (κ2) is 9.96. The number of benzene rings is 1. The maximum Gasteiger partial charge on any atom is 0.234 e. The maximum absolute atomic E-state index is 16.0. The van der Waals surface area contributed by atoms with Crippen LogP contribution in [0.25, 0.3) is 10.9 Å². The average molecular weight is 502 g/mol. The van der Waals surface area contributed by atoms with E-state index in [1.54, 1.807) is 36.7 Å². The Hall–Kier alpha value is -3.74. The Labute approximate surface area is 214 Å². The van der Waals surface area contributed by atoms with Crippen LogP contribution in [0.2, 0.25) is 0 Å². The minimum atomic E-state index is -1.35. The molecule has 190 valence electrons. The van der Waals surface area contributed by atoms with Crippen LogP contribution in [0.5, 0.6) is 0 Å². The van der Waals surface area contributed by atoms with E-state index in [0.29, 0.717) is 55.7 Å². The van der Waals surface area contributed by atoms with Crippen LogP contribution in [-0.4, -0.2) is 44.9 Å². The number of carbonyl (C=O) groups excluding carboxylic acids is 2. The van der Waals surface area contributed by atoms with Gasteiger partial charge in [0.15, 0.2) is 0 Å². The van der Waals surface area contributed by atoms with Crippen LogP contribution >= 0.6 is 0 Å². The monoisotopic (exact) mass is 501 g/mol. The Morgan fingerprint density at radius 2 is 2.08 bits per heavy atom. The Morgan fingerprint density at radius 3 is 2.78 bits per heavy atom. The van der Waals surface area contributed by atoms with Crippen LogP contribution in [0.15, 0.2) is 42.7 Å². The Bertz CT molecular complexity index is 1400. The number of piperidine rings is 2. The molecule has 5 rings (SSSR count). The number of amides is 2. The summed E-state index contributed by atoms with van der Waals surface area (Å²) in [6, 6.07) is 10.5. The first-order chi connectivity index (χ1) is 17.8. The summed E-state index contributed by atoms with van der Waals surface area (Å²) in [7, 11) is 0. The highest BCUT2D eigenvalue weighted by Gasteiger charge is 2.44. The fourth-order valence-corrected chi connectivity index (χ4v) is 5.61. The van der Waals surface area contributed by atoms with Crippen LogP contribution in [0, 0.1) is 23.1 Å². The Kier molecular flexibility index (Phi) is 6.71. The van der Waals surface area contributed by atoms with Crippen molar-refractivity contribution in [2.75, 3.05) is 13.1 Å². The zero-order valence-corrected chi connectivity index (χ0v) is 20.6. The fourth-order valence-electron chi connectivity index (χ4n) is 5.61. The van der Waals surface area contributed by atoms with Gasteiger partial charge in [-0.05, 0) is 48.6 Å². The second-order valence-electron chi connectivity index (χ2n) is 9.94. The summed E-state index contributed by atoms with van der Waals surface area (Å²) in [6.07, 6.45) is 4.84. The standard InChI is InChI=1S/C28H28FN5O3/c1-2-19-16-34(15-17-3-4-20(12-30)31-13-17)10-9-28(19,37)23-6-7-24-22(26(23)29)11-18(14-32-24)21-5-8-25(35)33-27(21)36/h3-4,6-7,11,13-14,19,21,37H,2,5,8-10,15-16H2,1H3,(H,33,35,36). The van der Waals surface area contributed by atoms with Crippen molar-refractivity contribution in [2.24, 2.45) is 5.92 Å². The molecule has 0 spiro atoms. The summed E-state index contributed by atoms with van der Waals surface area (Å²) in [5.41, 5.74) is 1.23. The molecule has 0 radical (unpaired) electrons. The molecule has 2 amide bonds. The zero-order valence-electron chi connectivity index (χ0n) is 20.6. The van der Waals surface area contributed by atoms with Gasteiger partial charge in [-0.15, -0.1) is 0 Å². The van der Waals surface area contributed by atoms with Crippen molar-refractivity contribution in [3.63, 3.8) is 0 Å². The van der Waals surface area contributed by atoms with Gasteiger partial charge in [0.05, 0.1) is 17.0 Å². The van der Waals surface area contributed by atoms with Crippen molar-refractivity contribution < 1.29 is 19.1 Å². The molecular weight excluding hydrogens is 473 g/mol. The molecule has 2 aliphatic heterocycles. The van der Waals surface area contributed by atoms with Crippen molar-refractivity contribution in [1.82, 2.24) is 20.2 Å². The van der Waals surface area contributed by atoms with Gasteiger partial charge in [0.1, 0.15) is 17.6 Å². The highest BCUT2D eigenvalue weighted by Crippen LogP contribution is 2.42. The van der Waals surface area contributed by atoms with E-state index in [-0.39, 0.29) is 29.2 Å². The highest BCUT2D eigenvalue weighted by atomic mass is 19.1. The number of fused-ring (bicyclic) bond motifs is 1.